The van der Waals surface area contributed by atoms with Gasteiger partial charge in [0.2, 0.25) is 0 Å². The summed E-state index contributed by atoms with van der Waals surface area (Å²) in [4.78, 5) is 2.19. The van der Waals surface area contributed by atoms with E-state index in [0.717, 1.165) is 24.9 Å². The van der Waals surface area contributed by atoms with Crippen LogP contribution in [0.1, 0.15) is 25.3 Å². The van der Waals surface area contributed by atoms with Crippen molar-refractivity contribution in [1.82, 2.24) is 10.2 Å². The molecule has 102 valence electrons. The van der Waals surface area contributed by atoms with Crippen LogP contribution in [0.2, 0.25) is 0 Å². The molecule has 19 heavy (non-hydrogen) atoms. The molecule has 1 aliphatic carbocycles. The monoisotopic (exact) mass is 257 g/mol. The van der Waals surface area contributed by atoms with Gasteiger partial charge in [-0.05, 0) is 39.4 Å². The van der Waals surface area contributed by atoms with E-state index in [9.17, 15) is 5.26 Å². The maximum Gasteiger partial charge on any atom is 0.0852 e. The van der Waals surface area contributed by atoms with E-state index in [-0.39, 0.29) is 5.41 Å². The Morgan fingerprint density at radius 1 is 1.37 bits per heavy atom. The molecular weight excluding hydrogens is 234 g/mol. The van der Waals surface area contributed by atoms with E-state index in [1.54, 1.807) is 0 Å². The van der Waals surface area contributed by atoms with Gasteiger partial charge < -0.3 is 10.2 Å². The van der Waals surface area contributed by atoms with Gasteiger partial charge in [0.25, 0.3) is 0 Å². The molecule has 0 heterocycles. The Balaban J connectivity index is 1.92. The summed E-state index contributed by atoms with van der Waals surface area (Å²) in [5.41, 5.74) is 0.896. The number of hydrogen-bond acceptors (Lipinski definition) is 3. The molecule has 2 rings (SSSR count). The maximum atomic E-state index is 9.50. The summed E-state index contributed by atoms with van der Waals surface area (Å²) in [6.45, 7) is 3.23. The first-order valence-corrected chi connectivity index (χ1v) is 6.93. The summed E-state index contributed by atoms with van der Waals surface area (Å²) in [5.74, 6) is 0. The van der Waals surface area contributed by atoms with E-state index in [2.05, 4.69) is 49.4 Å². The van der Waals surface area contributed by atoms with Crippen molar-refractivity contribution in [2.45, 2.75) is 37.3 Å². The highest BCUT2D eigenvalue weighted by Crippen LogP contribution is 2.43. The Hall–Kier alpha value is -1.37. The van der Waals surface area contributed by atoms with Gasteiger partial charge in [-0.2, -0.15) is 5.26 Å². The molecule has 1 aliphatic rings. The van der Waals surface area contributed by atoms with Crippen molar-refractivity contribution >= 4 is 0 Å². The van der Waals surface area contributed by atoms with Crippen LogP contribution in [0.5, 0.6) is 0 Å². The molecule has 1 saturated carbocycles. The fourth-order valence-corrected chi connectivity index (χ4v) is 3.05. The Labute approximate surface area is 116 Å². The summed E-state index contributed by atoms with van der Waals surface area (Å²) in [6.07, 6.45) is 1.84. The van der Waals surface area contributed by atoms with E-state index < -0.39 is 0 Å². The lowest BCUT2D eigenvalue weighted by Crippen LogP contribution is -2.54. The van der Waals surface area contributed by atoms with Crippen molar-refractivity contribution < 1.29 is 0 Å². The molecule has 0 bridgehead atoms. The Bertz CT molecular complexity index is 441. The van der Waals surface area contributed by atoms with Crippen LogP contribution in [-0.4, -0.2) is 37.6 Å². The van der Waals surface area contributed by atoms with Crippen LogP contribution < -0.4 is 5.32 Å². The number of nitriles is 1. The van der Waals surface area contributed by atoms with Gasteiger partial charge in [0.1, 0.15) is 0 Å². The van der Waals surface area contributed by atoms with Gasteiger partial charge >= 0.3 is 0 Å². The molecule has 1 atom stereocenters. The molecule has 0 aliphatic heterocycles. The third-order valence-corrected chi connectivity index (χ3v) is 3.89. The summed E-state index contributed by atoms with van der Waals surface area (Å²) in [5, 5.41) is 13.1. The van der Waals surface area contributed by atoms with E-state index in [0.29, 0.717) is 12.1 Å². The fraction of sp³-hybridized carbons (Fsp3) is 0.562. The highest BCUT2D eigenvalue weighted by Gasteiger charge is 2.46. The summed E-state index contributed by atoms with van der Waals surface area (Å²) in [6, 6.07) is 13.6. The first-order valence-electron chi connectivity index (χ1n) is 6.93. The lowest BCUT2D eigenvalue weighted by Gasteiger charge is -2.44. The number of likely N-dealkylation sites (N-methyl/N-ethyl adjacent to an activating group) is 1. The van der Waals surface area contributed by atoms with Gasteiger partial charge in [-0.1, -0.05) is 30.3 Å². The second-order valence-electron chi connectivity index (χ2n) is 6.00. The molecule has 1 fully saturated rings. The largest absolute Gasteiger partial charge is 0.310 e. The van der Waals surface area contributed by atoms with Crippen LogP contribution in [0, 0.1) is 11.3 Å². The van der Waals surface area contributed by atoms with Crippen molar-refractivity contribution in [3.05, 3.63) is 35.9 Å². The van der Waals surface area contributed by atoms with Crippen LogP contribution in [0.15, 0.2) is 30.3 Å². The Morgan fingerprint density at radius 3 is 2.53 bits per heavy atom. The predicted octanol–water partition coefficient (Wildman–Crippen LogP) is 2.15. The zero-order valence-electron chi connectivity index (χ0n) is 12.1. The van der Waals surface area contributed by atoms with Crippen LogP contribution >= 0.6 is 0 Å². The molecule has 0 radical (unpaired) electrons. The standard InChI is InChI=1S/C16H23N3/c1-13(11-19(2)3)18-15-9-16(10-15,12-17)14-7-5-4-6-8-14/h4-8,13,15,18H,9-11H2,1-3H3. The number of nitrogens with zero attached hydrogens (tertiary/aromatic N) is 2. The highest BCUT2D eigenvalue weighted by atomic mass is 15.1. The lowest BCUT2D eigenvalue weighted by molar-refractivity contribution is 0.200. The van der Waals surface area contributed by atoms with Crippen molar-refractivity contribution in [2.75, 3.05) is 20.6 Å². The molecule has 3 nitrogen and oxygen atoms in total. The molecule has 0 spiro atoms. The Morgan fingerprint density at radius 2 is 2.00 bits per heavy atom. The van der Waals surface area contributed by atoms with Gasteiger partial charge in [-0.25, -0.2) is 0 Å². The first kappa shape index (κ1) is 14.0. The van der Waals surface area contributed by atoms with Gasteiger partial charge in [0.15, 0.2) is 0 Å². The SMILES string of the molecule is CC(CN(C)C)NC1CC(C#N)(c2ccccc2)C1. The molecule has 0 amide bonds. The highest BCUT2D eigenvalue weighted by molar-refractivity contribution is 5.36. The van der Waals surface area contributed by atoms with Crippen LogP contribution in [0.25, 0.3) is 0 Å². The van der Waals surface area contributed by atoms with Crippen LogP contribution in [0.3, 0.4) is 0 Å². The summed E-state index contributed by atoms with van der Waals surface area (Å²) >= 11 is 0. The quantitative estimate of drug-likeness (QED) is 0.878. The van der Waals surface area contributed by atoms with Crippen molar-refractivity contribution in [3.8, 4) is 6.07 Å². The van der Waals surface area contributed by atoms with Gasteiger partial charge in [-0.3, -0.25) is 0 Å². The molecular formula is C16H23N3. The molecule has 0 saturated heterocycles. The average Bonchev–Trinajstić information content (AvgIpc) is 2.33. The third kappa shape index (κ3) is 3.15. The van der Waals surface area contributed by atoms with Crippen molar-refractivity contribution in [2.24, 2.45) is 0 Å². The molecule has 1 aromatic rings. The maximum absolute atomic E-state index is 9.50. The van der Waals surface area contributed by atoms with Crippen molar-refractivity contribution in [1.29, 1.82) is 5.26 Å². The third-order valence-electron chi connectivity index (χ3n) is 3.89. The zero-order valence-corrected chi connectivity index (χ0v) is 12.1. The minimum absolute atomic E-state index is 0.267. The lowest BCUT2D eigenvalue weighted by atomic mass is 9.62. The molecule has 1 aromatic carbocycles. The number of hydrogen-bond donors (Lipinski definition) is 1. The zero-order chi connectivity index (χ0) is 13.9. The van der Waals surface area contributed by atoms with E-state index >= 15 is 0 Å². The normalized spacial score (nSPS) is 27.6. The predicted molar refractivity (Wildman–Crippen MR) is 77.9 cm³/mol. The molecule has 1 unspecified atom stereocenters. The summed E-state index contributed by atoms with van der Waals surface area (Å²) < 4.78 is 0. The molecule has 1 N–H and O–H groups in total. The smallest absolute Gasteiger partial charge is 0.0852 e. The van der Waals surface area contributed by atoms with E-state index in [1.165, 1.54) is 0 Å². The second-order valence-corrected chi connectivity index (χ2v) is 6.00. The minimum atomic E-state index is -0.267. The molecule has 3 heteroatoms. The number of rotatable bonds is 5. The topological polar surface area (TPSA) is 39.1 Å². The first-order chi connectivity index (χ1) is 9.05. The average molecular weight is 257 g/mol. The van der Waals surface area contributed by atoms with E-state index in [4.69, 9.17) is 0 Å². The number of nitrogens with one attached hydrogen (secondary N) is 1. The second kappa shape index (κ2) is 5.73. The van der Waals surface area contributed by atoms with Crippen LogP contribution in [0.4, 0.5) is 0 Å². The van der Waals surface area contributed by atoms with Gasteiger partial charge in [0, 0.05) is 18.6 Å². The van der Waals surface area contributed by atoms with Gasteiger partial charge in [0.05, 0.1) is 11.5 Å². The number of benzene rings is 1. The summed E-state index contributed by atoms with van der Waals surface area (Å²) in [7, 11) is 4.17. The van der Waals surface area contributed by atoms with Crippen molar-refractivity contribution in [3.63, 3.8) is 0 Å². The van der Waals surface area contributed by atoms with Crippen LogP contribution in [-0.2, 0) is 5.41 Å². The Kier molecular flexibility index (Phi) is 4.24. The fourth-order valence-electron chi connectivity index (χ4n) is 3.05. The van der Waals surface area contributed by atoms with Gasteiger partial charge in [-0.15, -0.1) is 0 Å². The molecule has 0 aromatic heterocycles. The minimum Gasteiger partial charge on any atom is -0.310 e. The van der Waals surface area contributed by atoms with E-state index in [1.807, 2.05) is 18.2 Å².